The summed E-state index contributed by atoms with van der Waals surface area (Å²) >= 11 is 0. The Bertz CT molecular complexity index is 791. The van der Waals surface area contributed by atoms with Crippen molar-refractivity contribution in [1.29, 1.82) is 0 Å². The third kappa shape index (κ3) is 7.80. The van der Waals surface area contributed by atoms with Gasteiger partial charge < -0.3 is 14.3 Å². The first kappa shape index (κ1) is 22.8. The van der Waals surface area contributed by atoms with Gasteiger partial charge in [-0.1, -0.05) is 34.9 Å². The average molecular weight is 399 g/mol. The predicted octanol–water partition coefficient (Wildman–Crippen LogP) is 6.76. The molecule has 4 nitrogen and oxygen atoms in total. The molecule has 0 bridgehead atoms. The van der Waals surface area contributed by atoms with E-state index in [0.717, 1.165) is 44.1 Å². The Kier molecular flexibility index (Phi) is 9.04. The summed E-state index contributed by atoms with van der Waals surface area (Å²) < 4.78 is 10.3. The summed E-state index contributed by atoms with van der Waals surface area (Å²) in [6, 6.07) is 2.03. The summed E-state index contributed by atoms with van der Waals surface area (Å²) in [7, 11) is 0. The molecule has 0 aliphatic carbocycles. The maximum absolute atomic E-state index is 11.5. The average Bonchev–Trinajstić information content (AvgIpc) is 3.27. The fourth-order valence-electron chi connectivity index (χ4n) is 3.35. The van der Waals surface area contributed by atoms with Crippen molar-refractivity contribution in [2.75, 3.05) is 0 Å². The normalized spacial score (nSPS) is 18.6. The number of aliphatic hydroxyl groups is 1. The van der Waals surface area contributed by atoms with Crippen molar-refractivity contribution in [3.05, 3.63) is 70.4 Å². The molecule has 4 heteroatoms. The maximum Gasteiger partial charge on any atom is 0.338 e. The Morgan fingerprint density at radius 3 is 2.45 bits per heavy atom. The lowest BCUT2D eigenvalue weighted by molar-refractivity contribution is -0.140. The van der Waals surface area contributed by atoms with Gasteiger partial charge in [-0.15, -0.1) is 0 Å². The SMILES string of the molecule is CC(=CCC=C(C)CCCc1ccoc1)CCC=C(C)CC1OC(=O)C(C)=C1O. The number of furan rings is 1. The van der Waals surface area contributed by atoms with E-state index in [2.05, 4.69) is 32.1 Å². The van der Waals surface area contributed by atoms with E-state index in [0.29, 0.717) is 12.0 Å². The molecule has 1 aromatic heterocycles. The molecule has 0 saturated carbocycles. The van der Waals surface area contributed by atoms with Crippen LogP contribution in [0.1, 0.15) is 71.8 Å². The minimum atomic E-state index is -0.517. The number of aliphatic hydroxyl groups excluding tert-OH is 1. The number of carbonyl (C=O) groups excluding carboxylic acids is 1. The molecule has 29 heavy (non-hydrogen) atoms. The summed E-state index contributed by atoms with van der Waals surface area (Å²) in [4.78, 5) is 11.5. The van der Waals surface area contributed by atoms with E-state index in [1.165, 1.54) is 16.7 Å². The van der Waals surface area contributed by atoms with Gasteiger partial charge in [0.1, 0.15) is 5.76 Å². The second kappa shape index (κ2) is 11.5. The lowest BCUT2D eigenvalue weighted by atomic mass is 10.0. The molecule has 1 atom stereocenters. The van der Waals surface area contributed by atoms with Crippen LogP contribution in [0.3, 0.4) is 0 Å². The molecule has 0 amide bonds. The topological polar surface area (TPSA) is 59.7 Å². The monoisotopic (exact) mass is 398 g/mol. The molecule has 1 aliphatic rings. The van der Waals surface area contributed by atoms with E-state index in [1.807, 2.05) is 19.3 Å². The van der Waals surface area contributed by atoms with Crippen molar-refractivity contribution >= 4 is 5.97 Å². The Balaban J connectivity index is 1.66. The van der Waals surface area contributed by atoms with Crippen LogP contribution in [-0.4, -0.2) is 17.2 Å². The van der Waals surface area contributed by atoms with Gasteiger partial charge in [0.2, 0.25) is 0 Å². The zero-order chi connectivity index (χ0) is 21.2. The van der Waals surface area contributed by atoms with E-state index >= 15 is 0 Å². The molecule has 0 fully saturated rings. The molecule has 1 aliphatic heterocycles. The number of ether oxygens (including phenoxy) is 1. The molecule has 1 unspecified atom stereocenters. The molecule has 1 aromatic rings. The van der Waals surface area contributed by atoms with Crippen molar-refractivity contribution < 1.29 is 19.1 Å². The number of carbonyl (C=O) groups is 1. The summed E-state index contributed by atoms with van der Waals surface area (Å²) in [6.07, 6.45) is 16.6. The highest BCUT2D eigenvalue weighted by Crippen LogP contribution is 2.25. The van der Waals surface area contributed by atoms with Gasteiger partial charge in [-0.2, -0.15) is 0 Å². The minimum absolute atomic E-state index is 0.0748. The van der Waals surface area contributed by atoms with Gasteiger partial charge in [0, 0.05) is 6.42 Å². The number of hydrogen-bond acceptors (Lipinski definition) is 4. The van der Waals surface area contributed by atoms with Crippen LogP contribution in [0.15, 0.2) is 69.3 Å². The number of esters is 1. The molecule has 1 N–H and O–H groups in total. The van der Waals surface area contributed by atoms with Crippen molar-refractivity contribution in [2.45, 2.75) is 78.7 Å². The second-order valence-electron chi connectivity index (χ2n) is 8.02. The Morgan fingerprint density at radius 1 is 1.10 bits per heavy atom. The third-order valence-electron chi connectivity index (χ3n) is 5.33. The van der Waals surface area contributed by atoms with Crippen LogP contribution >= 0.6 is 0 Å². The first-order valence-corrected chi connectivity index (χ1v) is 10.5. The fourth-order valence-corrected chi connectivity index (χ4v) is 3.35. The maximum atomic E-state index is 11.5. The summed E-state index contributed by atoms with van der Waals surface area (Å²) in [5, 5.41) is 9.92. The second-order valence-corrected chi connectivity index (χ2v) is 8.02. The number of hydrogen-bond donors (Lipinski definition) is 1. The summed E-state index contributed by atoms with van der Waals surface area (Å²) in [5.74, 6) is -0.338. The summed E-state index contributed by atoms with van der Waals surface area (Å²) in [5.41, 5.74) is 5.53. The Morgan fingerprint density at radius 2 is 1.83 bits per heavy atom. The fraction of sp³-hybridized carbons (Fsp3) is 0.480. The first-order valence-electron chi connectivity index (χ1n) is 10.5. The lowest BCUT2D eigenvalue weighted by Gasteiger charge is -2.10. The van der Waals surface area contributed by atoms with E-state index in [-0.39, 0.29) is 5.76 Å². The van der Waals surface area contributed by atoms with Gasteiger partial charge in [0.25, 0.3) is 0 Å². The Hall–Kier alpha value is -2.49. The van der Waals surface area contributed by atoms with Crippen molar-refractivity contribution in [3.8, 4) is 0 Å². The lowest BCUT2D eigenvalue weighted by Crippen LogP contribution is -2.12. The molecule has 2 heterocycles. The van der Waals surface area contributed by atoms with Crippen molar-refractivity contribution in [2.24, 2.45) is 0 Å². The smallest absolute Gasteiger partial charge is 0.338 e. The highest BCUT2D eigenvalue weighted by Gasteiger charge is 2.31. The molecular weight excluding hydrogens is 364 g/mol. The molecule has 0 radical (unpaired) electrons. The van der Waals surface area contributed by atoms with Gasteiger partial charge >= 0.3 is 5.97 Å². The van der Waals surface area contributed by atoms with Crippen LogP contribution in [0.2, 0.25) is 0 Å². The minimum Gasteiger partial charge on any atom is -0.508 e. The first-order chi connectivity index (χ1) is 13.9. The van der Waals surface area contributed by atoms with E-state index < -0.39 is 12.1 Å². The van der Waals surface area contributed by atoms with E-state index in [4.69, 9.17) is 9.15 Å². The van der Waals surface area contributed by atoms with Gasteiger partial charge in [-0.05, 0) is 77.8 Å². The molecule has 0 spiro atoms. The van der Waals surface area contributed by atoms with Crippen LogP contribution in [-0.2, 0) is 16.0 Å². The van der Waals surface area contributed by atoms with Gasteiger partial charge in [-0.25, -0.2) is 4.79 Å². The standard InChI is InChI=1S/C25H34O4/c1-18(8-5-9-19(2)11-7-13-22-14-15-28-17-22)10-6-12-20(3)16-23-24(26)21(4)25(27)29-23/h8-9,12,14-15,17,23,26H,5-7,10-11,13,16H2,1-4H3. The van der Waals surface area contributed by atoms with Crippen molar-refractivity contribution in [1.82, 2.24) is 0 Å². The third-order valence-corrected chi connectivity index (χ3v) is 5.33. The van der Waals surface area contributed by atoms with E-state index in [9.17, 15) is 9.90 Å². The molecule has 2 rings (SSSR count). The Labute approximate surface area is 174 Å². The van der Waals surface area contributed by atoms with Crippen LogP contribution < -0.4 is 0 Å². The molecule has 158 valence electrons. The van der Waals surface area contributed by atoms with Gasteiger partial charge in [0.05, 0.1) is 18.1 Å². The highest BCUT2D eigenvalue weighted by molar-refractivity contribution is 5.91. The summed E-state index contributed by atoms with van der Waals surface area (Å²) in [6.45, 7) is 7.98. The van der Waals surface area contributed by atoms with E-state index in [1.54, 1.807) is 13.2 Å². The molecular formula is C25H34O4. The van der Waals surface area contributed by atoms with Crippen LogP contribution in [0.4, 0.5) is 0 Å². The zero-order valence-corrected chi connectivity index (χ0v) is 18.2. The number of rotatable bonds is 11. The molecule has 0 saturated heterocycles. The number of aryl methyl sites for hydroxylation is 1. The van der Waals surface area contributed by atoms with Gasteiger partial charge in [-0.3, -0.25) is 0 Å². The van der Waals surface area contributed by atoms with Gasteiger partial charge in [0.15, 0.2) is 6.10 Å². The number of allylic oxidation sites excluding steroid dienone is 5. The van der Waals surface area contributed by atoms with Crippen LogP contribution in [0.25, 0.3) is 0 Å². The van der Waals surface area contributed by atoms with Crippen molar-refractivity contribution in [3.63, 3.8) is 0 Å². The predicted molar refractivity (Wildman–Crippen MR) is 117 cm³/mol. The highest BCUT2D eigenvalue weighted by atomic mass is 16.6. The number of cyclic esters (lactones) is 1. The quantitative estimate of drug-likeness (QED) is 0.330. The molecule has 0 aromatic carbocycles. The van der Waals surface area contributed by atoms with Crippen LogP contribution in [0, 0.1) is 0 Å². The van der Waals surface area contributed by atoms with Crippen LogP contribution in [0.5, 0.6) is 0 Å². The zero-order valence-electron chi connectivity index (χ0n) is 18.2. The largest absolute Gasteiger partial charge is 0.508 e.